The third-order valence-corrected chi connectivity index (χ3v) is 4.83. The predicted octanol–water partition coefficient (Wildman–Crippen LogP) is 2.25. The van der Waals surface area contributed by atoms with Gasteiger partial charge in [-0.1, -0.05) is 5.16 Å². The van der Waals surface area contributed by atoms with Crippen molar-refractivity contribution in [2.45, 2.75) is 19.9 Å². The van der Waals surface area contributed by atoms with Crippen LogP contribution in [0.25, 0.3) is 17.1 Å². The fraction of sp³-hybridized carbons (Fsp3) is 0.389. The highest BCUT2D eigenvalue weighted by Gasteiger charge is 2.27. The Morgan fingerprint density at radius 3 is 2.73 bits per heavy atom. The van der Waals surface area contributed by atoms with E-state index in [1.807, 2.05) is 13.8 Å². The van der Waals surface area contributed by atoms with Crippen molar-refractivity contribution in [1.82, 2.24) is 30.1 Å². The van der Waals surface area contributed by atoms with Crippen LogP contribution in [-0.2, 0) is 0 Å². The third-order valence-electron chi connectivity index (χ3n) is 4.83. The lowest BCUT2D eigenvalue weighted by Crippen LogP contribution is -2.44. The van der Waals surface area contributed by atoms with Crippen molar-refractivity contribution in [3.63, 3.8) is 0 Å². The highest BCUT2D eigenvalue weighted by Crippen LogP contribution is 2.29. The van der Waals surface area contributed by atoms with Crippen LogP contribution in [0.2, 0.25) is 0 Å². The van der Waals surface area contributed by atoms with Gasteiger partial charge in [0.05, 0.1) is 28.7 Å². The van der Waals surface area contributed by atoms with Gasteiger partial charge in [0, 0.05) is 19.6 Å². The fourth-order valence-electron chi connectivity index (χ4n) is 3.35. The molecule has 0 amide bonds. The molecule has 0 spiro atoms. The average Bonchev–Trinajstić information content (AvgIpc) is 3.21. The smallest absolute Gasteiger partial charge is 0.261 e. The fourth-order valence-corrected chi connectivity index (χ4v) is 3.35. The third kappa shape index (κ3) is 2.91. The molecule has 26 heavy (non-hydrogen) atoms. The zero-order valence-electron chi connectivity index (χ0n) is 15.0. The number of likely N-dealkylation sites (N-methyl/N-ethyl adjacent to an activating group) is 1. The van der Waals surface area contributed by atoms with Crippen LogP contribution in [0.4, 0.5) is 4.39 Å². The molecule has 136 valence electrons. The van der Waals surface area contributed by atoms with E-state index < -0.39 is 0 Å². The minimum atomic E-state index is -0.276. The molecule has 1 saturated heterocycles. The summed E-state index contributed by atoms with van der Waals surface area (Å²) in [7, 11) is 2.06. The van der Waals surface area contributed by atoms with E-state index in [1.165, 1.54) is 12.1 Å². The normalized spacial score (nSPS) is 18.4. The van der Waals surface area contributed by atoms with E-state index in [4.69, 9.17) is 4.52 Å². The van der Waals surface area contributed by atoms with Gasteiger partial charge in [-0.15, -0.1) is 0 Å². The van der Waals surface area contributed by atoms with Crippen molar-refractivity contribution in [3.8, 4) is 17.1 Å². The molecule has 1 aromatic carbocycles. The van der Waals surface area contributed by atoms with E-state index in [-0.39, 0.29) is 11.9 Å². The lowest BCUT2D eigenvalue weighted by atomic mass is 10.2. The van der Waals surface area contributed by atoms with E-state index >= 15 is 0 Å². The summed E-state index contributed by atoms with van der Waals surface area (Å²) in [6.07, 6.45) is 0. The summed E-state index contributed by atoms with van der Waals surface area (Å²) in [4.78, 5) is 6.84. The van der Waals surface area contributed by atoms with Crippen LogP contribution < -0.4 is 5.32 Å². The molecular weight excluding hydrogens is 335 g/mol. The van der Waals surface area contributed by atoms with E-state index in [1.54, 1.807) is 16.8 Å². The van der Waals surface area contributed by atoms with Crippen molar-refractivity contribution >= 4 is 0 Å². The lowest BCUT2D eigenvalue weighted by molar-refractivity contribution is 0.190. The summed E-state index contributed by atoms with van der Waals surface area (Å²) in [5, 5.41) is 12.1. The Morgan fingerprint density at radius 1 is 1.23 bits per heavy atom. The number of piperazine rings is 1. The van der Waals surface area contributed by atoms with Gasteiger partial charge in [-0.3, -0.25) is 4.90 Å². The van der Waals surface area contributed by atoms with Crippen LogP contribution in [-0.4, -0.2) is 51.5 Å². The maximum absolute atomic E-state index is 13.2. The first-order chi connectivity index (χ1) is 12.5. The first kappa shape index (κ1) is 16.9. The highest BCUT2D eigenvalue weighted by molar-refractivity contribution is 5.61. The lowest BCUT2D eigenvalue weighted by Gasteiger charge is -2.30. The number of nitrogens with one attached hydrogen (secondary N) is 1. The van der Waals surface area contributed by atoms with Gasteiger partial charge in [0.1, 0.15) is 5.82 Å². The van der Waals surface area contributed by atoms with Crippen molar-refractivity contribution in [3.05, 3.63) is 47.3 Å². The average molecular weight is 356 g/mol. The minimum absolute atomic E-state index is 0.0917. The predicted molar refractivity (Wildman–Crippen MR) is 94.5 cm³/mol. The van der Waals surface area contributed by atoms with Gasteiger partial charge in [-0.05, 0) is 45.2 Å². The van der Waals surface area contributed by atoms with Gasteiger partial charge >= 0.3 is 0 Å². The summed E-state index contributed by atoms with van der Waals surface area (Å²) in [5.74, 6) is 0.854. The minimum Gasteiger partial charge on any atom is -0.334 e. The zero-order chi connectivity index (χ0) is 18.3. The molecule has 1 aliphatic heterocycles. The Bertz CT molecular complexity index is 916. The molecule has 0 saturated carbocycles. The summed E-state index contributed by atoms with van der Waals surface area (Å²) in [5.41, 5.74) is 3.27. The highest BCUT2D eigenvalue weighted by atomic mass is 19.1. The Balaban J connectivity index is 1.69. The number of hydrogen-bond donors (Lipinski definition) is 1. The van der Waals surface area contributed by atoms with Crippen molar-refractivity contribution < 1.29 is 8.91 Å². The number of hydrogen-bond acceptors (Lipinski definition) is 6. The number of rotatable bonds is 3. The summed E-state index contributed by atoms with van der Waals surface area (Å²) in [6.45, 7) is 6.54. The van der Waals surface area contributed by atoms with Crippen LogP contribution in [0, 0.1) is 19.7 Å². The van der Waals surface area contributed by atoms with Crippen LogP contribution in [0.5, 0.6) is 0 Å². The maximum atomic E-state index is 13.2. The Hall–Kier alpha value is -2.58. The van der Waals surface area contributed by atoms with Gasteiger partial charge in [0.2, 0.25) is 0 Å². The molecule has 8 heteroatoms. The Labute approximate surface area is 150 Å². The van der Waals surface area contributed by atoms with Crippen LogP contribution in [0.15, 0.2) is 28.8 Å². The molecule has 0 radical (unpaired) electrons. The van der Waals surface area contributed by atoms with Gasteiger partial charge in [-0.25, -0.2) is 9.07 Å². The topological polar surface area (TPSA) is 72.0 Å². The first-order valence-corrected chi connectivity index (χ1v) is 8.61. The number of aromatic nitrogens is 4. The molecule has 4 rings (SSSR count). The molecule has 7 nitrogen and oxygen atoms in total. The summed E-state index contributed by atoms with van der Waals surface area (Å²) in [6, 6.07) is 6.32. The molecule has 1 fully saturated rings. The second-order valence-corrected chi connectivity index (χ2v) is 6.59. The van der Waals surface area contributed by atoms with Crippen molar-refractivity contribution in [2.24, 2.45) is 0 Å². The quantitative estimate of drug-likeness (QED) is 0.776. The van der Waals surface area contributed by atoms with E-state index in [0.717, 1.165) is 42.3 Å². The standard InChI is InChI=1S/C18H21FN6O/c1-11-16(12(2)25(22-11)14-6-4-13(19)5-7-14)18-21-17(23-26-18)15-10-20-8-9-24(15)3/h4-7,15,20H,8-10H2,1-3H3. The number of halogens is 1. The Morgan fingerprint density at radius 2 is 2.00 bits per heavy atom. The van der Waals surface area contributed by atoms with Crippen LogP contribution >= 0.6 is 0 Å². The van der Waals surface area contributed by atoms with Crippen LogP contribution in [0.1, 0.15) is 23.3 Å². The monoisotopic (exact) mass is 356 g/mol. The van der Waals surface area contributed by atoms with Gasteiger partial charge in [0.15, 0.2) is 5.82 Å². The van der Waals surface area contributed by atoms with Gasteiger partial charge in [-0.2, -0.15) is 10.1 Å². The van der Waals surface area contributed by atoms with Gasteiger partial charge < -0.3 is 9.84 Å². The molecule has 3 heterocycles. The largest absolute Gasteiger partial charge is 0.334 e. The van der Waals surface area contributed by atoms with E-state index in [9.17, 15) is 4.39 Å². The van der Waals surface area contributed by atoms with Crippen molar-refractivity contribution in [1.29, 1.82) is 0 Å². The number of benzene rings is 1. The van der Waals surface area contributed by atoms with Gasteiger partial charge in [0.25, 0.3) is 5.89 Å². The number of aryl methyl sites for hydroxylation is 1. The zero-order valence-corrected chi connectivity index (χ0v) is 15.0. The Kier molecular flexibility index (Phi) is 4.29. The molecule has 0 bridgehead atoms. The second kappa shape index (κ2) is 6.62. The molecule has 2 aromatic heterocycles. The second-order valence-electron chi connectivity index (χ2n) is 6.59. The molecule has 3 aromatic rings. The van der Waals surface area contributed by atoms with Crippen LogP contribution in [0.3, 0.4) is 0 Å². The SMILES string of the molecule is Cc1nn(-c2ccc(F)cc2)c(C)c1-c1nc(C2CNCCN2C)no1. The first-order valence-electron chi connectivity index (χ1n) is 8.61. The molecule has 0 aliphatic carbocycles. The molecule has 1 unspecified atom stereocenters. The summed E-state index contributed by atoms with van der Waals surface area (Å²) < 4.78 is 20.5. The molecule has 1 atom stereocenters. The van der Waals surface area contributed by atoms with E-state index in [0.29, 0.717) is 11.7 Å². The molecule has 1 aliphatic rings. The van der Waals surface area contributed by atoms with Crippen molar-refractivity contribution in [2.75, 3.05) is 26.7 Å². The van der Waals surface area contributed by atoms with E-state index in [2.05, 4.69) is 32.5 Å². The summed E-state index contributed by atoms with van der Waals surface area (Å²) >= 11 is 0. The number of nitrogens with zero attached hydrogens (tertiary/aromatic N) is 5. The maximum Gasteiger partial charge on any atom is 0.261 e. The molecule has 1 N–H and O–H groups in total. The molecular formula is C18H21FN6O.